The van der Waals surface area contributed by atoms with E-state index in [4.69, 9.17) is 10.5 Å². The minimum atomic E-state index is -0.0259. The lowest BCUT2D eigenvalue weighted by Crippen LogP contribution is -2.57. The zero-order valence-electron chi connectivity index (χ0n) is 8.00. The number of hydrogen-bond donors (Lipinski definition) is 1. The van der Waals surface area contributed by atoms with Gasteiger partial charge in [0.1, 0.15) is 0 Å². The summed E-state index contributed by atoms with van der Waals surface area (Å²) in [5.74, 6) is 0.600. The number of hydrogen-bond acceptors (Lipinski definition) is 2. The van der Waals surface area contributed by atoms with E-state index in [1.807, 2.05) is 0 Å². The fraction of sp³-hybridized carbons (Fsp3) is 0.875. The van der Waals surface area contributed by atoms with Crippen molar-refractivity contribution in [1.82, 2.24) is 4.90 Å². The maximum absolute atomic E-state index is 5.74. The summed E-state index contributed by atoms with van der Waals surface area (Å²) >= 11 is 0. The third-order valence-electron chi connectivity index (χ3n) is 2.15. The molecule has 1 heterocycles. The maximum Gasteiger partial charge on any atom is 0.191 e. The van der Waals surface area contributed by atoms with Gasteiger partial charge in [-0.1, -0.05) is 0 Å². The molecule has 70 valence electrons. The molecule has 0 aromatic rings. The van der Waals surface area contributed by atoms with Crippen molar-refractivity contribution in [3.05, 3.63) is 0 Å². The lowest BCUT2D eigenvalue weighted by molar-refractivity contribution is -0.0156. The lowest BCUT2D eigenvalue weighted by Gasteiger charge is -2.42. The van der Waals surface area contributed by atoms with E-state index in [-0.39, 0.29) is 5.54 Å². The van der Waals surface area contributed by atoms with Crippen LogP contribution < -0.4 is 5.73 Å². The molecule has 0 saturated carbocycles. The average molecular weight is 171 g/mol. The van der Waals surface area contributed by atoms with Gasteiger partial charge in [0, 0.05) is 13.6 Å². The maximum atomic E-state index is 5.74. The number of ether oxygens (including phenoxy) is 1. The largest absolute Gasteiger partial charge is 0.377 e. The van der Waals surface area contributed by atoms with Crippen LogP contribution in [0.1, 0.15) is 13.8 Å². The Hall–Kier alpha value is -0.770. The Labute approximate surface area is 73.4 Å². The van der Waals surface area contributed by atoms with Crippen LogP contribution in [0.25, 0.3) is 0 Å². The zero-order chi connectivity index (χ0) is 9.19. The summed E-state index contributed by atoms with van der Waals surface area (Å²) in [6.45, 7) is 6.48. The third kappa shape index (κ3) is 1.69. The summed E-state index contributed by atoms with van der Waals surface area (Å²) in [7, 11) is 1.71. The van der Waals surface area contributed by atoms with E-state index < -0.39 is 0 Å². The van der Waals surface area contributed by atoms with E-state index in [0.29, 0.717) is 12.6 Å². The molecule has 1 aliphatic heterocycles. The second kappa shape index (κ2) is 3.31. The third-order valence-corrected chi connectivity index (χ3v) is 2.15. The monoisotopic (exact) mass is 171 g/mol. The van der Waals surface area contributed by atoms with E-state index in [2.05, 4.69) is 23.7 Å². The predicted molar refractivity (Wildman–Crippen MR) is 49.2 cm³/mol. The first-order valence-electron chi connectivity index (χ1n) is 4.15. The highest BCUT2D eigenvalue weighted by molar-refractivity contribution is 5.78. The van der Waals surface area contributed by atoms with Gasteiger partial charge >= 0.3 is 0 Å². The van der Waals surface area contributed by atoms with Crippen molar-refractivity contribution in [3.8, 4) is 0 Å². The van der Waals surface area contributed by atoms with Crippen molar-refractivity contribution in [2.45, 2.75) is 19.4 Å². The second-order valence-electron chi connectivity index (χ2n) is 3.60. The Bertz CT molecular complexity index is 189. The van der Waals surface area contributed by atoms with Gasteiger partial charge in [-0.2, -0.15) is 0 Å². The van der Waals surface area contributed by atoms with Crippen LogP contribution in [0.4, 0.5) is 0 Å². The van der Waals surface area contributed by atoms with Gasteiger partial charge in [0.15, 0.2) is 5.96 Å². The summed E-state index contributed by atoms with van der Waals surface area (Å²) in [5.41, 5.74) is 5.72. The number of guanidine groups is 1. The van der Waals surface area contributed by atoms with Gasteiger partial charge in [-0.15, -0.1) is 0 Å². The molecule has 0 unspecified atom stereocenters. The Kier molecular flexibility index (Phi) is 2.57. The summed E-state index contributed by atoms with van der Waals surface area (Å²) in [6, 6.07) is 0. The summed E-state index contributed by atoms with van der Waals surface area (Å²) < 4.78 is 5.36. The van der Waals surface area contributed by atoms with E-state index >= 15 is 0 Å². The van der Waals surface area contributed by atoms with Crippen LogP contribution in [0, 0.1) is 0 Å². The Balaban J connectivity index is 2.73. The smallest absolute Gasteiger partial charge is 0.191 e. The van der Waals surface area contributed by atoms with E-state index in [1.54, 1.807) is 7.05 Å². The highest BCUT2D eigenvalue weighted by Crippen LogP contribution is 2.17. The SMILES string of the molecule is CN=C(N)N1CCOCC1(C)C. The molecular formula is C8H17N3O. The highest BCUT2D eigenvalue weighted by Gasteiger charge is 2.31. The van der Waals surface area contributed by atoms with Crippen molar-refractivity contribution in [3.63, 3.8) is 0 Å². The molecule has 4 heteroatoms. The van der Waals surface area contributed by atoms with Crippen LogP contribution in [0.15, 0.2) is 4.99 Å². The summed E-state index contributed by atoms with van der Waals surface area (Å²) in [5, 5.41) is 0. The van der Waals surface area contributed by atoms with Crippen LogP contribution in [0.5, 0.6) is 0 Å². The molecule has 1 saturated heterocycles. The molecule has 12 heavy (non-hydrogen) atoms. The molecule has 0 radical (unpaired) electrons. The van der Waals surface area contributed by atoms with Crippen molar-refractivity contribution in [2.75, 3.05) is 26.8 Å². The van der Waals surface area contributed by atoms with Gasteiger partial charge in [-0.3, -0.25) is 4.99 Å². The van der Waals surface area contributed by atoms with Crippen LogP contribution in [0.3, 0.4) is 0 Å². The van der Waals surface area contributed by atoms with Crippen molar-refractivity contribution in [1.29, 1.82) is 0 Å². The molecule has 4 nitrogen and oxygen atoms in total. The highest BCUT2D eigenvalue weighted by atomic mass is 16.5. The Morgan fingerprint density at radius 3 is 2.75 bits per heavy atom. The topological polar surface area (TPSA) is 50.8 Å². The quantitative estimate of drug-likeness (QED) is 0.413. The zero-order valence-corrected chi connectivity index (χ0v) is 8.00. The summed E-state index contributed by atoms with van der Waals surface area (Å²) in [4.78, 5) is 6.05. The fourth-order valence-corrected chi connectivity index (χ4v) is 1.40. The van der Waals surface area contributed by atoms with Crippen molar-refractivity contribution in [2.24, 2.45) is 10.7 Å². The molecule has 0 spiro atoms. The lowest BCUT2D eigenvalue weighted by atomic mass is 10.0. The van der Waals surface area contributed by atoms with Crippen LogP contribution in [-0.2, 0) is 4.74 Å². The number of nitrogens with two attached hydrogens (primary N) is 1. The number of morpholine rings is 1. The normalized spacial score (nSPS) is 24.2. The second-order valence-corrected chi connectivity index (χ2v) is 3.60. The molecular weight excluding hydrogens is 154 g/mol. The van der Waals surface area contributed by atoms with Gasteiger partial charge in [0.25, 0.3) is 0 Å². The molecule has 1 fully saturated rings. The number of rotatable bonds is 0. The molecule has 0 amide bonds. The minimum Gasteiger partial charge on any atom is -0.377 e. The van der Waals surface area contributed by atoms with Gasteiger partial charge in [-0.25, -0.2) is 0 Å². The first-order chi connectivity index (χ1) is 5.58. The standard InChI is InChI=1S/C8H17N3O/c1-8(2)6-12-5-4-11(8)7(9)10-3/h4-6H2,1-3H3,(H2,9,10). The molecule has 0 aliphatic carbocycles. The molecule has 0 aromatic carbocycles. The molecule has 1 rings (SSSR count). The Morgan fingerprint density at radius 2 is 2.25 bits per heavy atom. The molecule has 1 aliphatic rings. The van der Waals surface area contributed by atoms with E-state index in [9.17, 15) is 0 Å². The molecule has 0 bridgehead atoms. The summed E-state index contributed by atoms with van der Waals surface area (Å²) in [6.07, 6.45) is 0. The molecule has 0 atom stereocenters. The minimum absolute atomic E-state index is 0.0259. The van der Waals surface area contributed by atoms with Crippen LogP contribution in [0.2, 0.25) is 0 Å². The number of nitrogens with zero attached hydrogens (tertiary/aromatic N) is 2. The van der Waals surface area contributed by atoms with E-state index in [0.717, 1.165) is 13.2 Å². The fourth-order valence-electron chi connectivity index (χ4n) is 1.40. The molecule has 2 N–H and O–H groups in total. The van der Waals surface area contributed by atoms with Crippen molar-refractivity contribution >= 4 is 5.96 Å². The van der Waals surface area contributed by atoms with Gasteiger partial charge in [-0.05, 0) is 13.8 Å². The van der Waals surface area contributed by atoms with Crippen LogP contribution >= 0.6 is 0 Å². The molecule has 0 aromatic heterocycles. The van der Waals surface area contributed by atoms with E-state index in [1.165, 1.54) is 0 Å². The average Bonchev–Trinajstić information content (AvgIpc) is 2.02. The van der Waals surface area contributed by atoms with Crippen LogP contribution in [-0.4, -0.2) is 43.2 Å². The number of aliphatic imine (C=N–C) groups is 1. The van der Waals surface area contributed by atoms with Gasteiger partial charge < -0.3 is 15.4 Å². The predicted octanol–water partition coefficient (Wildman–Crippen LogP) is 0.0417. The first-order valence-corrected chi connectivity index (χ1v) is 4.15. The van der Waals surface area contributed by atoms with Gasteiger partial charge in [0.2, 0.25) is 0 Å². The van der Waals surface area contributed by atoms with Gasteiger partial charge in [0.05, 0.1) is 18.8 Å². The first kappa shape index (κ1) is 9.32. The Morgan fingerprint density at radius 1 is 1.58 bits per heavy atom. The van der Waals surface area contributed by atoms with Crippen molar-refractivity contribution < 1.29 is 4.74 Å².